The van der Waals surface area contributed by atoms with Crippen molar-refractivity contribution in [2.45, 2.75) is 0 Å². The summed E-state index contributed by atoms with van der Waals surface area (Å²) in [6.07, 6.45) is 0. The SMILES string of the molecule is c1cc(-c2cccc3ccccc23)cc(-c2ccc3ccc4c(-c5ccc(-c6ccc7c(ccc8ccccc87)c6)cc5)ccc5ccc2c3c54)c1. The Morgan fingerprint density at radius 1 is 0.192 bits per heavy atom. The molecule has 0 bridgehead atoms. The standard InChI is InChI=1S/C52H32/c1-3-12-43-34(7-1)9-6-14-45(43)40-10-5-11-41(32-40)48-27-22-38-23-29-49-46(26-21-37-24-30-50(48)52(38)51(37)49)36-17-15-33(16-18-36)39-25-28-47-42(31-39)20-19-35-8-2-4-13-44(35)47/h1-32H. The molecular weight excluding hydrogens is 625 g/mol. The van der Waals surface area contributed by atoms with E-state index in [1.165, 1.54) is 109 Å². The highest BCUT2D eigenvalue weighted by atomic mass is 14.2. The Labute approximate surface area is 302 Å². The summed E-state index contributed by atoms with van der Waals surface area (Å²) in [4.78, 5) is 0. The quantitative estimate of drug-likeness (QED) is 0.165. The summed E-state index contributed by atoms with van der Waals surface area (Å²) in [6.45, 7) is 0. The van der Waals surface area contributed by atoms with E-state index in [0.29, 0.717) is 0 Å². The van der Waals surface area contributed by atoms with E-state index in [1.807, 2.05) is 0 Å². The molecule has 240 valence electrons. The highest BCUT2D eigenvalue weighted by Gasteiger charge is 2.16. The van der Waals surface area contributed by atoms with Gasteiger partial charge in [0.25, 0.3) is 0 Å². The molecule has 0 spiro atoms. The second-order valence-corrected chi connectivity index (χ2v) is 14.1. The third-order valence-corrected chi connectivity index (χ3v) is 11.2. The average molecular weight is 657 g/mol. The largest absolute Gasteiger partial charge is 0.0616 e. The van der Waals surface area contributed by atoms with Crippen molar-refractivity contribution in [2.24, 2.45) is 0 Å². The molecule has 0 heterocycles. The number of hydrogen-bond donors (Lipinski definition) is 0. The molecule has 11 aromatic rings. The first-order valence-corrected chi connectivity index (χ1v) is 18.1. The van der Waals surface area contributed by atoms with Crippen molar-refractivity contribution in [3.05, 3.63) is 194 Å². The molecule has 0 saturated carbocycles. The fourth-order valence-electron chi connectivity index (χ4n) is 8.67. The summed E-state index contributed by atoms with van der Waals surface area (Å²) in [5, 5.41) is 15.5. The molecule has 0 nitrogen and oxygen atoms in total. The monoisotopic (exact) mass is 656 g/mol. The zero-order valence-corrected chi connectivity index (χ0v) is 28.5. The molecule has 0 saturated heterocycles. The molecule has 11 rings (SSSR count). The second kappa shape index (κ2) is 11.4. The van der Waals surface area contributed by atoms with Crippen molar-refractivity contribution >= 4 is 64.6 Å². The maximum Gasteiger partial charge on any atom is -0.00203 e. The van der Waals surface area contributed by atoms with E-state index in [-0.39, 0.29) is 0 Å². The van der Waals surface area contributed by atoms with Crippen LogP contribution in [-0.4, -0.2) is 0 Å². The Morgan fingerprint density at radius 2 is 0.654 bits per heavy atom. The summed E-state index contributed by atoms with van der Waals surface area (Å²) in [7, 11) is 0. The van der Waals surface area contributed by atoms with Gasteiger partial charge in [0.1, 0.15) is 0 Å². The van der Waals surface area contributed by atoms with Crippen LogP contribution in [0.25, 0.3) is 109 Å². The van der Waals surface area contributed by atoms with Crippen LogP contribution in [0, 0.1) is 0 Å². The van der Waals surface area contributed by atoms with Gasteiger partial charge in [0.05, 0.1) is 0 Å². The lowest BCUT2D eigenvalue weighted by Gasteiger charge is -2.17. The Hall–Kier alpha value is -6.76. The van der Waals surface area contributed by atoms with Crippen molar-refractivity contribution in [1.29, 1.82) is 0 Å². The van der Waals surface area contributed by atoms with Crippen LogP contribution in [0.3, 0.4) is 0 Å². The van der Waals surface area contributed by atoms with Gasteiger partial charge in [-0.2, -0.15) is 0 Å². The van der Waals surface area contributed by atoms with Crippen LogP contribution in [0.1, 0.15) is 0 Å². The van der Waals surface area contributed by atoms with E-state index < -0.39 is 0 Å². The molecule has 0 fully saturated rings. The minimum Gasteiger partial charge on any atom is -0.0616 e. The van der Waals surface area contributed by atoms with Gasteiger partial charge < -0.3 is 0 Å². The fraction of sp³-hybridized carbons (Fsp3) is 0. The zero-order valence-electron chi connectivity index (χ0n) is 28.5. The van der Waals surface area contributed by atoms with Crippen LogP contribution >= 0.6 is 0 Å². The summed E-state index contributed by atoms with van der Waals surface area (Å²) in [6, 6.07) is 71.8. The minimum absolute atomic E-state index is 1.23. The zero-order chi connectivity index (χ0) is 34.2. The first-order chi connectivity index (χ1) is 25.8. The van der Waals surface area contributed by atoms with Crippen LogP contribution in [0.4, 0.5) is 0 Å². The van der Waals surface area contributed by atoms with Crippen molar-refractivity contribution in [1.82, 2.24) is 0 Å². The molecule has 0 heteroatoms. The van der Waals surface area contributed by atoms with Gasteiger partial charge in [-0.05, 0) is 121 Å². The third kappa shape index (κ3) is 4.48. The molecule has 11 aromatic carbocycles. The van der Waals surface area contributed by atoms with Gasteiger partial charge in [0.15, 0.2) is 0 Å². The Balaban J connectivity index is 1.01. The van der Waals surface area contributed by atoms with E-state index >= 15 is 0 Å². The van der Waals surface area contributed by atoms with Gasteiger partial charge in [-0.25, -0.2) is 0 Å². The van der Waals surface area contributed by atoms with E-state index in [2.05, 4.69) is 194 Å². The molecule has 0 N–H and O–H groups in total. The van der Waals surface area contributed by atoms with E-state index in [4.69, 9.17) is 0 Å². The summed E-state index contributed by atoms with van der Waals surface area (Å²) in [5.41, 5.74) is 9.97. The van der Waals surface area contributed by atoms with Crippen molar-refractivity contribution in [3.8, 4) is 44.5 Å². The predicted molar refractivity (Wildman–Crippen MR) is 224 cm³/mol. The van der Waals surface area contributed by atoms with Gasteiger partial charge in [-0.1, -0.05) is 182 Å². The number of hydrogen-bond acceptors (Lipinski definition) is 0. The van der Waals surface area contributed by atoms with Crippen LogP contribution in [0.2, 0.25) is 0 Å². The first-order valence-electron chi connectivity index (χ1n) is 18.1. The van der Waals surface area contributed by atoms with Crippen LogP contribution < -0.4 is 0 Å². The molecular formula is C52H32. The lowest BCUT2D eigenvalue weighted by Crippen LogP contribution is -1.90. The third-order valence-electron chi connectivity index (χ3n) is 11.2. The number of fused-ring (bicyclic) bond motifs is 4. The van der Waals surface area contributed by atoms with E-state index in [9.17, 15) is 0 Å². The minimum atomic E-state index is 1.23. The van der Waals surface area contributed by atoms with Crippen molar-refractivity contribution < 1.29 is 0 Å². The van der Waals surface area contributed by atoms with Gasteiger partial charge in [-0.3, -0.25) is 0 Å². The Morgan fingerprint density at radius 3 is 1.38 bits per heavy atom. The van der Waals surface area contributed by atoms with E-state index in [1.54, 1.807) is 0 Å². The van der Waals surface area contributed by atoms with Gasteiger partial charge >= 0.3 is 0 Å². The Bertz CT molecular complexity index is 3160. The normalized spacial score (nSPS) is 11.8. The number of rotatable bonds is 4. The van der Waals surface area contributed by atoms with Crippen LogP contribution in [0.15, 0.2) is 194 Å². The molecule has 0 aliphatic heterocycles. The lowest BCUT2D eigenvalue weighted by atomic mass is 9.86. The molecule has 0 radical (unpaired) electrons. The van der Waals surface area contributed by atoms with Crippen LogP contribution in [-0.2, 0) is 0 Å². The van der Waals surface area contributed by atoms with Gasteiger partial charge in [0.2, 0.25) is 0 Å². The summed E-state index contributed by atoms with van der Waals surface area (Å²) in [5.74, 6) is 0. The smallest absolute Gasteiger partial charge is 0.00203 e. The molecule has 0 atom stereocenters. The Kier molecular flexibility index (Phi) is 6.35. The topological polar surface area (TPSA) is 0 Å². The average Bonchev–Trinajstić information content (AvgIpc) is 3.22. The molecule has 0 aromatic heterocycles. The predicted octanol–water partition coefficient (Wildman–Crippen LogP) is 14.7. The number of benzene rings is 11. The highest BCUT2D eigenvalue weighted by molar-refractivity contribution is 6.27. The van der Waals surface area contributed by atoms with E-state index in [0.717, 1.165) is 0 Å². The summed E-state index contributed by atoms with van der Waals surface area (Å²) < 4.78 is 0. The van der Waals surface area contributed by atoms with Gasteiger partial charge in [0, 0.05) is 0 Å². The lowest BCUT2D eigenvalue weighted by molar-refractivity contribution is 1.62. The molecule has 0 aliphatic carbocycles. The first kappa shape index (κ1) is 29.0. The highest BCUT2D eigenvalue weighted by Crippen LogP contribution is 2.43. The maximum atomic E-state index is 2.36. The molecule has 0 unspecified atom stereocenters. The van der Waals surface area contributed by atoms with Crippen LogP contribution in [0.5, 0.6) is 0 Å². The second-order valence-electron chi connectivity index (χ2n) is 14.1. The van der Waals surface area contributed by atoms with Crippen molar-refractivity contribution in [2.75, 3.05) is 0 Å². The molecule has 0 aliphatic rings. The maximum absolute atomic E-state index is 2.36. The summed E-state index contributed by atoms with van der Waals surface area (Å²) >= 11 is 0. The fourth-order valence-corrected chi connectivity index (χ4v) is 8.67. The molecule has 0 amide bonds. The van der Waals surface area contributed by atoms with Gasteiger partial charge in [-0.15, -0.1) is 0 Å². The van der Waals surface area contributed by atoms with Crippen molar-refractivity contribution in [3.63, 3.8) is 0 Å². The molecule has 52 heavy (non-hydrogen) atoms.